The molecular formula is C12H15N3. The van der Waals surface area contributed by atoms with Gasteiger partial charge in [0.25, 0.3) is 0 Å². The summed E-state index contributed by atoms with van der Waals surface area (Å²) in [4.78, 5) is 9.20. The maximum absolute atomic E-state index is 4.49. The molecule has 3 heteroatoms. The molecule has 2 bridgehead atoms. The SMILES string of the molecule is C=C(C)N1c2ncccc2N2CCC1C2. The van der Waals surface area contributed by atoms with Gasteiger partial charge in [-0.1, -0.05) is 6.58 Å². The fourth-order valence-corrected chi connectivity index (χ4v) is 2.66. The number of aromatic nitrogens is 1. The number of fused-ring (bicyclic) bond motifs is 4. The van der Waals surface area contributed by atoms with Crippen molar-refractivity contribution in [1.82, 2.24) is 4.98 Å². The molecule has 0 aromatic carbocycles. The van der Waals surface area contributed by atoms with E-state index in [4.69, 9.17) is 0 Å². The minimum Gasteiger partial charge on any atom is -0.366 e. The zero-order valence-corrected chi connectivity index (χ0v) is 8.98. The van der Waals surface area contributed by atoms with Crippen molar-refractivity contribution in [3.8, 4) is 0 Å². The molecule has 0 spiro atoms. The van der Waals surface area contributed by atoms with E-state index >= 15 is 0 Å². The normalized spacial score (nSPS) is 22.9. The van der Waals surface area contributed by atoms with Gasteiger partial charge in [0, 0.05) is 25.0 Å². The second-order valence-corrected chi connectivity index (χ2v) is 4.34. The molecule has 0 saturated carbocycles. The van der Waals surface area contributed by atoms with Crippen molar-refractivity contribution in [2.75, 3.05) is 22.9 Å². The standard InChI is InChI=1S/C12H15N3/c1-9(2)15-10-5-7-14(8-10)11-4-3-6-13-12(11)15/h3-4,6,10H,1,5,7-8H2,2H3. The molecule has 0 radical (unpaired) electrons. The molecule has 3 heterocycles. The number of rotatable bonds is 1. The highest BCUT2D eigenvalue weighted by Crippen LogP contribution is 2.39. The molecule has 15 heavy (non-hydrogen) atoms. The molecule has 3 rings (SSSR count). The number of pyridine rings is 1. The van der Waals surface area contributed by atoms with Gasteiger partial charge in [0.2, 0.25) is 0 Å². The van der Waals surface area contributed by atoms with Crippen LogP contribution in [0.4, 0.5) is 11.5 Å². The zero-order chi connectivity index (χ0) is 10.4. The zero-order valence-electron chi connectivity index (χ0n) is 8.98. The largest absolute Gasteiger partial charge is 0.366 e. The summed E-state index contributed by atoms with van der Waals surface area (Å²) in [7, 11) is 0. The third-order valence-electron chi connectivity index (χ3n) is 3.27. The Bertz CT molecular complexity index is 413. The van der Waals surface area contributed by atoms with E-state index in [1.54, 1.807) is 0 Å². The smallest absolute Gasteiger partial charge is 0.156 e. The van der Waals surface area contributed by atoms with Gasteiger partial charge in [0.05, 0.1) is 11.7 Å². The van der Waals surface area contributed by atoms with Crippen LogP contribution in [0.1, 0.15) is 13.3 Å². The molecule has 1 fully saturated rings. The van der Waals surface area contributed by atoms with Crippen molar-refractivity contribution in [3.05, 3.63) is 30.6 Å². The van der Waals surface area contributed by atoms with Gasteiger partial charge in [-0.15, -0.1) is 0 Å². The Balaban J connectivity index is 2.15. The predicted molar refractivity (Wildman–Crippen MR) is 62.1 cm³/mol. The third-order valence-corrected chi connectivity index (χ3v) is 3.27. The van der Waals surface area contributed by atoms with E-state index in [1.165, 1.54) is 12.1 Å². The van der Waals surface area contributed by atoms with Crippen molar-refractivity contribution in [3.63, 3.8) is 0 Å². The topological polar surface area (TPSA) is 19.4 Å². The Morgan fingerprint density at radius 2 is 2.47 bits per heavy atom. The summed E-state index contributed by atoms with van der Waals surface area (Å²) < 4.78 is 0. The van der Waals surface area contributed by atoms with E-state index in [2.05, 4.69) is 34.4 Å². The molecule has 1 aromatic rings. The van der Waals surface area contributed by atoms with Gasteiger partial charge in [0.1, 0.15) is 0 Å². The van der Waals surface area contributed by atoms with Crippen LogP contribution in [-0.4, -0.2) is 24.1 Å². The molecule has 1 atom stereocenters. The van der Waals surface area contributed by atoms with Crippen molar-refractivity contribution >= 4 is 11.5 Å². The van der Waals surface area contributed by atoms with Crippen LogP contribution in [0.25, 0.3) is 0 Å². The summed E-state index contributed by atoms with van der Waals surface area (Å²) in [5.74, 6) is 1.08. The van der Waals surface area contributed by atoms with Crippen LogP contribution in [0.5, 0.6) is 0 Å². The van der Waals surface area contributed by atoms with E-state index in [-0.39, 0.29) is 0 Å². The molecule has 3 nitrogen and oxygen atoms in total. The number of nitrogens with zero attached hydrogens (tertiary/aromatic N) is 3. The summed E-state index contributed by atoms with van der Waals surface area (Å²) in [6.45, 7) is 8.39. The average molecular weight is 201 g/mol. The highest BCUT2D eigenvalue weighted by atomic mass is 15.3. The lowest BCUT2D eigenvalue weighted by atomic mass is 10.1. The number of hydrogen-bond acceptors (Lipinski definition) is 3. The Kier molecular flexibility index (Phi) is 1.75. The minimum atomic E-state index is 0.574. The Morgan fingerprint density at radius 3 is 3.27 bits per heavy atom. The summed E-state index contributed by atoms with van der Waals surface area (Å²) in [6, 6.07) is 4.73. The van der Waals surface area contributed by atoms with E-state index in [1.807, 2.05) is 12.3 Å². The quantitative estimate of drug-likeness (QED) is 0.693. The first kappa shape index (κ1) is 8.77. The van der Waals surface area contributed by atoms with Crippen molar-refractivity contribution in [2.45, 2.75) is 19.4 Å². The van der Waals surface area contributed by atoms with E-state index in [0.717, 1.165) is 24.6 Å². The number of allylic oxidation sites excluding steroid dienone is 1. The van der Waals surface area contributed by atoms with Gasteiger partial charge in [-0.25, -0.2) is 4.98 Å². The average Bonchev–Trinajstić information content (AvgIpc) is 2.63. The minimum absolute atomic E-state index is 0.574. The first-order valence-corrected chi connectivity index (χ1v) is 5.42. The summed E-state index contributed by atoms with van der Waals surface area (Å²) in [5, 5.41) is 0. The molecular weight excluding hydrogens is 186 g/mol. The Morgan fingerprint density at radius 1 is 1.60 bits per heavy atom. The van der Waals surface area contributed by atoms with Gasteiger partial charge in [0.15, 0.2) is 5.82 Å². The van der Waals surface area contributed by atoms with E-state index in [0.29, 0.717) is 6.04 Å². The van der Waals surface area contributed by atoms with Crippen LogP contribution in [-0.2, 0) is 0 Å². The summed E-state index contributed by atoms with van der Waals surface area (Å²) in [6.07, 6.45) is 3.07. The molecule has 1 saturated heterocycles. The first-order chi connectivity index (χ1) is 7.27. The van der Waals surface area contributed by atoms with Crippen molar-refractivity contribution < 1.29 is 0 Å². The van der Waals surface area contributed by atoms with Crippen molar-refractivity contribution in [1.29, 1.82) is 0 Å². The van der Waals surface area contributed by atoms with Crippen LogP contribution < -0.4 is 9.80 Å². The maximum Gasteiger partial charge on any atom is 0.156 e. The van der Waals surface area contributed by atoms with Crippen LogP contribution in [0.2, 0.25) is 0 Å². The molecule has 1 aromatic heterocycles. The second kappa shape index (κ2) is 2.99. The van der Waals surface area contributed by atoms with Crippen LogP contribution in [0, 0.1) is 0 Å². The van der Waals surface area contributed by atoms with E-state index in [9.17, 15) is 0 Å². The number of hydrogen-bond donors (Lipinski definition) is 0. The Hall–Kier alpha value is -1.51. The van der Waals surface area contributed by atoms with E-state index < -0.39 is 0 Å². The molecule has 2 aliphatic heterocycles. The second-order valence-electron chi connectivity index (χ2n) is 4.34. The molecule has 1 unspecified atom stereocenters. The van der Waals surface area contributed by atoms with Crippen LogP contribution in [0.3, 0.4) is 0 Å². The summed E-state index contributed by atoms with van der Waals surface area (Å²) in [5.41, 5.74) is 2.36. The lowest BCUT2D eigenvalue weighted by molar-refractivity contribution is 0.675. The van der Waals surface area contributed by atoms with Crippen LogP contribution in [0.15, 0.2) is 30.6 Å². The van der Waals surface area contributed by atoms with Gasteiger partial charge in [-0.05, 0) is 25.5 Å². The fourth-order valence-electron chi connectivity index (χ4n) is 2.66. The highest BCUT2D eigenvalue weighted by molar-refractivity contribution is 5.73. The lowest BCUT2D eigenvalue weighted by Crippen LogP contribution is -2.41. The molecule has 78 valence electrons. The molecule has 0 amide bonds. The highest BCUT2D eigenvalue weighted by Gasteiger charge is 2.36. The Labute approximate surface area is 90.0 Å². The van der Waals surface area contributed by atoms with Crippen molar-refractivity contribution in [2.24, 2.45) is 0 Å². The fraction of sp³-hybridized carbons (Fsp3) is 0.417. The lowest BCUT2D eigenvalue weighted by Gasteiger charge is -2.37. The van der Waals surface area contributed by atoms with Crippen LogP contribution >= 0.6 is 0 Å². The van der Waals surface area contributed by atoms with Gasteiger partial charge < -0.3 is 9.80 Å². The molecule has 0 N–H and O–H groups in total. The van der Waals surface area contributed by atoms with Gasteiger partial charge in [-0.3, -0.25) is 0 Å². The summed E-state index contributed by atoms with van der Waals surface area (Å²) >= 11 is 0. The van der Waals surface area contributed by atoms with Gasteiger partial charge in [-0.2, -0.15) is 0 Å². The monoisotopic (exact) mass is 201 g/mol. The number of anilines is 2. The first-order valence-electron chi connectivity index (χ1n) is 5.42. The van der Waals surface area contributed by atoms with Gasteiger partial charge >= 0.3 is 0 Å². The molecule has 0 aliphatic carbocycles. The maximum atomic E-state index is 4.49. The molecule has 2 aliphatic rings. The predicted octanol–water partition coefficient (Wildman–Crippen LogP) is 2.01. The third kappa shape index (κ3) is 1.16.